The summed E-state index contributed by atoms with van der Waals surface area (Å²) in [4.78, 5) is 0. The lowest BCUT2D eigenvalue weighted by atomic mass is 9.88. The molecule has 16 heavy (non-hydrogen) atoms. The lowest BCUT2D eigenvalue weighted by Gasteiger charge is -2.41. The highest BCUT2D eigenvalue weighted by Crippen LogP contribution is 2.41. The number of aliphatic hydroxyl groups excluding tert-OH is 1. The van der Waals surface area contributed by atoms with Gasteiger partial charge in [0.2, 0.25) is 0 Å². The molecule has 3 N–H and O–H groups in total. The Morgan fingerprint density at radius 2 is 2.12 bits per heavy atom. The third kappa shape index (κ3) is 1.64. The highest BCUT2D eigenvalue weighted by Gasteiger charge is 2.43. The molecule has 4 heteroatoms. The predicted molar refractivity (Wildman–Crippen MR) is 61.3 cm³/mol. The van der Waals surface area contributed by atoms with Crippen molar-refractivity contribution in [2.75, 3.05) is 12.8 Å². The fraction of sp³-hybridized carbons (Fsp3) is 0.500. The zero-order valence-corrected chi connectivity index (χ0v) is 9.73. The zero-order chi connectivity index (χ0) is 11.9. The van der Waals surface area contributed by atoms with E-state index in [9.17, 15) is 5.11 Å². The zero-order valence-electron chi connectivity index (χ0n) is 9.73. The number of anilines is 1. The van der Waals surface area contributed by atoms with Crippen LogP contribution in [0.1, 0.15) is 25.5 Å². The minimum Gasteiger partial charge on any atom is -0.485 e. The van der Waals surface area contributed by atoms with Crippen molar-refractivity contribution in [3.8, 4) is 5.75 Å². The number of methoxy groups -OCH3 is 1. The van der Waals surface area contributed by atoms with E-state index in [1.54, 1.807) is 19.2 Å². The standard InChI is InChI=1S/C12H17NO3/c1-12(2)11(14)10(15-3)8-6-7(13)4-5-9(8)16-12/h4-6,10-11,14H,13H2,1-3H3/t10-,11+/m1/s1. The summed E-state index contributed by atoms with van der Waals surface area (Å²) in [6, 6.07) is 5.37. The first-order chi connectivity index (χ1) is 7.45. The van der Waals surface area contributed by atoms with Crippen LogP contribution in [0.2, 0.25) is 0 Å². The van der Waals surface area contributed by atoms with Gasteiger partial charge < -0.3 is 20.3 Å². The second-order valence-corrected chi connectivity index (χ2v) is 4.60. The molecule has 88 valence electrons. The maximum absolute atomic E-state index is 10.1. The van der Waals surface area contributed by atoms with E-state index in [0.29, 0.717) is 5.69 Å². The van der Waals surface area contributed by atoms with Gasteiger partial charge in [0.05, 0.1) is 0 Å². The van der Waals surface area contributed by atoms with Crippen LogP contribution in [-0.4, -0.2) is 23.9 Å². The van der Waals surface area contributed by atoms with Crippen molar-refractivity contribution < 1.29 is 14.6 Å². The summed E-state index contributed by atoms with van der Waals surface area (Å²) in [7, 11) is 1.57. The lowest BCUT2D eigenvalue weighted by molar-refractivity contribution is -0.124. The number of aliphatic hydroxyl groups is 1. The third-order valence-electron chi connectivity index (χ3n) is 2.97. The molecule has 2 rings (SSSR count). The predicted octanol–water partition coefficient (Wildman–Crippen LogP) is 1.49. The quantitative estimate of drug-likeness (QED) is 0.708. The summed E-state index contributed by atoms with van der Waals surface area (Å²) in [6.07, 6.45) is -1.12. The fourth-order valence-corrected chi connectivity index (χ4v) is 2.02. The molecule has 0 saturated heterocycles. The number of hydrogen-bond acceptors (Lipinski definition) is 4. The Labute approximate surface area is 95.0 Å². The summed E-state index contributed by atoms with van der Waals surface area (Å²) in [6.45, 7) is 3.67. The SMILES string of the molecule is CO[C@@H]1c2cc(N)ccc2OC(C)(C)[C@H]1O. The molecule has 0 aliphatic carbocycles. The molecular weight excluding hydrogens is 206 g/mol. The van der Waals surface area contributed by atoms with Crippen molar-refractivity contribution in [2.45, 2.75) is 31.7 Å². The van der Waals surface area contributed by atoms with Crippen LogP contribution in [0, 0.1) is 0 Å². The van der Waals surface area contributed by atoms with Crippen molar-refractivity contribution in [3.05, 3.63) is 23.8 Å². The van der Waals surface area contributed by atoms with Crippen LogP contribution in [0.3, 0.4) is 0 Å². The molecule has 4 nitrogen and oxygen atoms in total. The molecule has 0 saturated carbocycles. The summed E-state index contributed by atoms with van der Waals surface area (Å²) >= 11 is 0. The van der Waals surface area contributed by atoms with Gasteiger partial charge in [-0.2, -0.15) is 0 Å². The maximum atomic E-state index is 10.1. The van der Waals surface area contributed by atoms with Gasteiger partial charge in [-0.05, 0) is 32.0 Å². The summed E-state index contributed by atoms with van der Waals surface area (Å²) < 4.78 is 11.1. The monoisotopic (exact) mass is 223 g/mol. The van der Waals surface area contributed by atoms with Crippen molar-refractivity contribution >= 4 is 5.69 Å². The Morgan fingerprint density at radius 3 is 2.75 bits per heavy atom. The average molecular weight is 223 g/mol. The van der Waals surface area contributed by atoms with Crippen LogP contribution >= 0.6 is 0 Å². The number of benzene rings is 1. The molecule has 0 spiro atoms. The van der Waals surface area contributed by atoms with Crippen molar-refractivity contribution in [1.82, 2.24) is 0 Å². The molecule has 0 amide bonds. The number of hydrogen-bond donors (Lipinski definition) is 2. The van der Waals surface area contributed by atoms with E-state index in [0.717, 1.165) is 11.3 Å². The van der Waals surface area contributed by atoms with E-state index in [4.69, 9.17) is 15.2 Å². The van der Waals surface area contributed by atoms with E-state index in [-0.39, 0.29) is 0 Å². The summed E-state index contributed by atoms with van der Waals surface area (Å²) in [5.41, 5.74) is 6.49. The van der Waals surface area contributed by atoms with E-state index in [1.165, 1.54) is 0 Å². The normalized spacial score (nSPS) is 27.0. The molecule has 1 aliphatic rings. The van der Waals surface area contributed by atoms with E-state index in [1.807, 2.05) is 19.9 Å². The lowest BCUT2D eigenvalue weighted by Crippen LogP contribution is -2.49. The number of ether oxygens (including phenoxy) is 2. The maximum Gasteiger partial charge on any atom is 0.132 e. The van der Waals surface area contributed by atoms with Crippen LogP contribution in [0.5, 0.6) is 5.75 Å². The smallest absolute Gasteiger partial charge is 0.132 e. The molecule has 0 bridgehead atoms. The minimum atomic E-state index is -0.716. The Kier molecular flexibility index (Phi) is 2.56. The van der Waals surface area contributed by atoms with Gasteiger partial charge in [-0.3, -0.25) is 0 Å². The molecule has 2 atom stereocenters. The van der Waals surface area contributed by atoms with E-state index >= 15 is 0 Å². The van der Waals surface area contributed by atoms with Gasteiger partial charge in [-0.1, -0.05) is 0 Å². The summed E-state index contributed by atoms with van der Waals surface area (Å²) in [5.74, 6) is 0.719. The fourth-order valence-electron chi connectivity index (χ4n) is 2.02. The minimum absolute atomic E-state index is 0.401. The van der Waals surface area contributed by atoms with Crippen LogP contribution in [0.15, 0.2) is 18.2 Å². The van der Waals surface area contributed by atoms with Gasteiger partial charge in [0.25, 0.3) is 0 Å². The number of nitrogens with two attached hydrogens (primary N) is 1. The summed E-state index contributed by atoms with van der Waals surface area (Å²) in [5, 5.41) is 10.1. The Balaban J connectivity index is 2.51. The Morgan fingerprint density at radius 1 is 1.44 bits per heavy atom. The van der Waals surface area contributed by atoms with Crippen LogP contribution in [0.25, 0.3) is 0 Å². The second-order valence-electron chi connectivity index (χ2n) is 4.60. The highest BCUT2D eigenvalue weighted by molar-refractivity contribution is 5.50. The highest BCUT2D eigenvalue weighted by atomic mass is 16.5. The first kappa shape index (κ1) is 11.2. The molecule has 0 unspecified atom stereocenters. The third-order valence-corrected chi connectivity index (χ3v) is 2.97. The number of nitrogen functional groups attached to an aromatic ring is 1. The van der Waals surface area contributed by atoms with E-state index in [2.05, 4.69) is 0 Å². The first-order valence-electron chi connectivity index (χ1n) is 5.25. The van der Waals surface area contributed by atoms with Gasteiger partial charge in [0.1, 0.15) is 23.6 Å². The molecule has 0 aromatic heterocycles. The van der Waals surface area contributed by atoms with Gasteiger partial charge >= 0.3 is 0 Å². The molecule has 1 aliphatic heterocycles. The van der Waals surface area contributed by atoms with Crippen molar-refractivity contribution in [3.63, 3.8) is 0 Å². The molecule has 0 radical (unpaired) electrons. The molecule has 1 aromatic rings. The molecule has 1 heterocycles. The first-order valence-corrected chi connectivity index (χ1v) is 5.25. The van der Waals surface area contributed by atoms with Crippen LogP contribution < -0.4 is 10.5 Å². The van der Waals surface area contributed by atoms with Crippen molar-refractivity contribution in [2.24, 2.45) is 0 Å². The average Bonchev–Trinajstić information content (AvgIpc) is 2.21. The second kappa shape index (κ2) is 3.64. The van der Waals surface area contributed by atoms with Crippen molar-refractivity contribution in [1.29, 1.82) is 0 Å². The molecule has 1 aromatic carbocycles. The number of rotatable bonds is 1. The van der Waals surface area contributed by atoms with Gasteiger partial charge in [-0.25, -0.2) is 0 Å². The van der Waals surface area contributed by atoms with Crippen LogP contribution in [0.4, 0.5) is 5.69 Å². The Bertz CT molecular complexity index is 403. The molecule has 0 fully saturated rings. The number of fused-ring (bicyclic) bond motifs is 1. The van der Waals surface area contributed by atoms with Crippen LogP contribution in [-0.2, 0) is 4.74 Å². The van der Waals surface area contributed by atoms with E-state index < -0.39 is 17.8 Å². The Hall–Kier alpha value is -1.26. The van der Waals surface area contributed by atoms with Gasteiger partial charge in [0.15, 0.2) is 0 Å². The van der Waals surface area contributed by atoms with Gasteiger partial charge in [0, 0.05) is 18.4 Å². The largest absolute Gasteiger partial charge is 0.485 e. The molecular formula is C12H17NO3. The topological polar surface area (TPSA) is 64.7 Å². The van der Waals surface area contributed by atoms with Gasteiger partial charge in [-0.15, -0.1) is 0 Å².